The lowest BCUT2D eigenvalue weighted by molar-refractivity contribution is 0.0986. The van der Waals surface area contributed by atoms with Crippen LogP contribution in [-0.4, -0.2) is 23.3 Å². The fourth-order valence-corrected chi connectivity index (χ4v) is 2.16. The van der Waals surface area contributed by atoms with Gasteiger partial charge in [0.25, 0.3) is 5.91 Å². The Kier molecular flexibility index (Phi) is 5.69. The first kappa shape index (κ1) is 15.4. The summed E-state index contributed by atoms with van der Waals surface area (Å²) in [7, 11) is 0. The summed E-state index contributed by atoms with van der Waals surface area (Å²) in [6, 6.07) is 9.16. The third kappa shape index (κ3) is 4.26. The number of unbranched alkanes of at least 4 members (excludes halogenated alkanes) is 1. The van der Waals surface area contributed by atoms with Crippen molar-refractivity contribution in [1.82, 2.24) is 4.98 Å². The largest absolute Gasteiger partial charge is 0.307 e. The van der Waals surface area contributed by atoms with Crippen LogP contribution >= 0.6 is 11.6 Å². The molecule has 0 unspecified atom stereocenters. The van der Waals surface area contributed by atoms with Crippen LogP contribution < -0.4 is 4.90 Å². The van der Waals surface area contributed by atoms with Crippen molar-refractivity contribution < 1.29 is 9.18 Å². The predicted octanol–water partition coefficient (Wildman–Crippen LogP) is 3.89. The molecule has 0 aliphatic carbocycles. The van der Waals surface area contributed by atoms with Gasteiger partial charge in [0, 0.05) is 24.2 Å². The van der Waals surface area contributed by atoms with Gasteiger partial charge in [-0.05, 0) is 49.2 Å². The molecule has 0 atom stereocenters. The zero-order valence-electron chi connectivity index (χ0n) is 11.5. The van der Waals surface area contributed by atoms with Crippen LogP contribution in [0.5, 0.6) is 0 Å². The van der Waals surface area contributed by atoms with E-state index in [1.807, 2.05) is 6.07 Å². The van der Waals surface area contributed by atoms with Crippen LogP contribution in [0.2, 0.25) is 0 Å². The van der Waals surface area contributed by atoms with E-state index in [4.69, 9.17) is 11.6 Å². The smallest absolute Gasteiger partial charge is 0.258 e. The van der Waals surface area contributed by atoms with Gasteiger partial charge in [0.1, 0.15) is 5.82 Å². The fraction of sp³-hybridized carbons (Fsp3) is 0.250. The van der Waals surface area contributed by atoms with Crippen molar-refractivity contribution in [2.75, 3.05) is 17.3 Å². The number of amides is 1. The summed E-state index contributed by atoms with van der Waals surface area (Å²) in [5.41, 5.74) is 1.17. The molecule has 0 spiro atoms. The molecule has 1 heterocycles. The van der Waals surface area contributed by atoms with Gasteiger partial charge in [0.05, 0.1) is 11.9 Å². The summed E-state index contributed by atoms with van der Waals surface area (Å²) in [5.74, 6) is 0.0326. The Balaban J connectivity index is 2.21. The maximum atomic E-state index is 13.0. The number of nitrogens with zero attached hydrogens (tertiary/aromatic N) is 2. The van der Waals surface area contributed by atoms with Gasteiger partial charge in [-0.15, -0.1) is 11.6 Å². The molecule has 0 radical (unpaired) electrons. The molecule has 3 nitrogen and oxygen atoms in total. The molecule has 0 aliphatic rings. The van der Waals surface area contributed by atoms with Crippen molar-refractivity contribution >= 4 is 23.2 Å². The van der Waals surface area contributed by atoms with Gasteiger partial charge in [-0.2, -0.15) is 0 Å². The quantitative estimate of drug-likeness (QED) is 0.599. The highest BCUT2D eigenvalue weighted by Gasteiger charge is 2.17. The summed E-state index contributed by atoms with van der Waals surface area (Å²) < 4.78 is 13.0. The lowest BCUT2D eigenvalue weighted by atomic mass is 10.1. The molecule has 0 fully saturated rings. The number of pyridine rings is 1. The molecule has 110 valence electrons. The van der Waals surface area contributed by atoms with Gasteiger partial charge >= 0.3 is 0 Å². The second-order valence-electron chi connectivity index (χ2n) is 4.57. The number of halogens is 2. The Morgan fingerprint density at radius 3 is 2.57 bits per heavy atom. The van der Waals surface area contributed by atoms with E-state index >= 15 is 0 Å². The standard InChI is InChI=1S/C16H16ClFN2O/c17-9-1-2-11-20(15-4-3-10-19-12-15)16(21)13-5-7-14(18)8-6-13/h3-8,10,12H,1-2,9,11H2. The number of rotatable bonds is 6. The van der Waals surface area contributed by atoms with E-state index in [0.717, 1.165) is 18.5 Å². The number of alkyl halides is 1. The molecule has 1 aromatic heterocycles. The van der Waals surface area contributed by atoms with Crippen molar-refractivity contribution in [2.45, 2.75) is 12.8 Å². The normalized spacial score (nSPS) is 10.4. The molecule has 0 saturated carbocycles. The van der Waals surface area contributed by atoms with E-state index in [1.165, 1.54) is 24.3 Å². The van der Waals surface area contributed by atoms with Crippen molar-refractivity contribution in [2.24, 2.45) is 0 Å². The number of hydrogen-bond acceptors (Lipinski definition) is 2. The Morgan fingerprint density at radius 2 is 1.95 bits per heavy atom. The topological polar surface area (TPSA) is 33.2 Å². The van der Waals surface area contributed by atoms with E-state index < -0.39 is 0 Å². The van der Waals surface area contributed by atoms with E-state index in [1.54, 1.807) is 23.4 Å². The molecule has 1 amide bonds. The number of anilines is 1. The van der Waals surface area contributed by atoms with E-state index in [9.17, 15) is 9.18 Å². The molecular weight excluding hydrogens is 291 g/mol. The van der Waals surface area contributed by atoms with Crippen molar-refractivity contribution in [1.29, 1.82) is 0 Å². The molecule has 2 rings (SSSR count). The van der Waals surface area contributed by atoms with Gasteiger partial charge in [-0.25, -0.2) is 4.39 Å². The number of carbonyl (C=O) groups excluding carboxylic acids is 1. The highest BCUT2D eigenvalue weighted by atomic mass is 35.5. The van der Waals surface area contributed by atoms with Gasteiger partial charge in [-0.1, -0.05) is 0 Å². The Labute approximate surface area is 128 Å². The Bertz CT molecular complexity index is 575. The molecule has 2 aromatic rings. The highest BCUT2D eigenvalue weighted by molar-refractivity contribution is 6.17. The summed E-state index contributed by atoms with van der Waals surface area (Å²) in [5, 5.41) is 0. The monoisotopic (exact) mass is 306 g/mol. The first-order valence-corrected chi connectivity index (χ1v) is 7.29. The van der Waals surface area contributed by atoms with Crippen molar-refractivity contribution in [3.05, 3.63) is 60.2 Å². The SMILES string of the molecule is O=C(c1ccc(F)cc1)N(CCCCCl)c1cccnc1. The molecule has 5 heteroatoms. The van der Waals surface area contributed by atoms with Crippen molar-refractivity contribution in [3.63, 3.8) is 0 Å². The third-order valence-electron chi connectivity index (χ3n) is 3.06. The first-order valence-electron chi connectivity index (χ1n) is 6.76. The molecular formula is C16H16ClFN2O. The van der Waals surface area contributed by atoms with Crippen LogP contribution in [0.1, 0.15) is 23.2 Å². The summed E-state index contributed by atoms with van der Waals surface area (Å²) in [6.45, 7) is 0.550. The lowest BCUT2D eigenvalue weighted by Crippen LogP contribution is -2.32. The molecule has 21 heavy (non-hydrogen) atoms. The fourth-order valence-electron chi connectivity index (χ4n) is 1.97. The minimum absolute atomic E-state index is 0.169. The zero-order valence-corrected chi connectivity index (χ0v) is 12.3. The van der Waals surface area contributed by atoms with Gasteiger partial charge in [0.15, 0.2) is 0 Å². The van der Waals surface area contributed by atoms with E-state index in [2.05, 4.69) is 4.98 Å². The van der Waals surface area contributed by atoms with Crippen LogP contribution in [0, 0.1) is 5.82 Å². The second kappa shape index (κ2) is 7.74. The number of hydrogen-bond donors (Lipinski definition) is 0. The molecule has 0 bridgehead atoms. The highest BCUT2D eigenvalue weighted by Crippen LogP contribution is 2.17. The van der Waals surface area contributed by atoms with E-state index in [-0.39, 0.29) is 11.7 Å². The lowest BCUT2D eigenvalue weighted by Gasteiger charge is -2.22. The Hall–Kier alpha value is -1.94. The number of benzene rings is 1. The van der Waals surface area contributed by atoms with Crippen molar-refractivity contribution in [3.8, 4) is 0 Å². The molecule has 0 saturated heterocycles. The predicted molar refractivity (Wildman–Crippen MR) is 82.3 cm³/mol. The third-order valence-corrected chi connectivity index (χ3v) is 3.33. The average Bonchev–Trinajstić information content (AvgIpc) is 2.53. The number of aromatic nitrogens is 1. The number of carbonyl (C=O) groups is 1. The Morgan fingerprint density at radius 1 is 1.19 bits per heavy atom. The van der Waals surface area contributed by atoms with Gasteiger partial charge < -0.3 is 4.90 Å². The summed E-state index contributed by atoms with van der Waals surface area (Å²) >= 11 is 5.69. The van der Waals surface area contributed by atoms with Crippen LogP contribution in [0.15, 0.2) is 48.8 Å². The minimum atomic E-state index is -0.360. The van der Waals surface area contributed by atoms with E-state index in [0.29, 0.717) is 18.0 Å². The van der Waals surface area contributed by atoms with Crippen LogP contribution in [0.25, 0.3) is 0 Å². The molecule has 0 N–H and O–H groups in total. The maximum absolute atomic E-state index is 13.0. The molecule has 0 aliphatic heterocycles. The minimum Gasteiger partial charge on any atom is -0.307 e. The van der Waals surface area contributed by atoms with Crippen LogP contribution in [0.3, 0.4) is 0 Å². The summed E-state index contributed by atoms with van der Waals surface area (Å²) in [4.78, 5) is 18.3. The zero-order chi connectivity index (χ0) is 15.1. The average molecular weight is 307 g/mol. The maximum Gasteiger partial charge on any atom is 0.258 e. The van der Waals surface area contributed by atoms with Gasteiger partial charge in [0.2, 0.25) is 0 Å². The second-order valence-corrected chi connectivity index (χ2v) is 4.95. The van der Waals surface area contributed by atoms with Gasteiger partial charge in [-0.3, -0.25) is 9.78 Å². The molecule has 1 aromatic carbocycles. The van der Waals surface area contributed by atoms with Crippen LogP contribution in [-0.2, 0) is 0 Å². The summed E-state index contributed by atoms with van der Waals surface area (Å²) in [6.07, 6.45) is 4.92. The first-order chi connectivity index (χ1) is 10.2. The van der Waals surface area contributed by atoms with Crippen LogP contribution in [0.4, 0.5) is 10.1 Å².